The predicted octanol–water partition coefficient (Wildman–Crippen LogP) is 2.40. The van der Waals surface area contributed by atoms with Gasteiger partial charge in [0.05, 0.1) is 6.54 Å². The van der Waals surface area contributed by atoms with Gasteiger partial charge in [-0.1, -0.05) is 5.16 Å². The summed E-state index contributed by atoms with van der Waals surface area (Å²) in [5.74, 6) is 0.897. The van der Waals surface area contributed by atoms with Crippen LogP contribution in [0.25, 0.3) is 0 Å². The summed E-state index contributed by atoms with van der Waals surface area (Å²) in [6.45, 7) is 2.05. The topological polar surface area (TPSA) is 63.8 Å². The molecule has 0 saturated heterocycles. The Balaban J connectivity index is 1.98. The van der Waals surface area contributed by atoms with Crippen molar-refractivity contribution < 1.29 is 17.7 Å². The van der Waals surface area contributed by atoms with E-state index >= 15 is 0 Å². The van der Waals surface area contributed by atoms with E-state index in [0.717, 1.165) is 6.07 Å². The monoisotopic (exact) mass is 258 g/mol. The Kier molecular flexibility index (Phi) is 3.17. The summed E-state index contributed by atoms with van der Waals surface area (Å²) in [5, 5.41) is 13.0. The molecule has 18 heavy (non-hydrogen) atoms. The van der Waals surface area contributed by atoms with E-state index in [0.29, 0.717) is 18.0 Å². The van der Waals surface area contributed by atoms with Crippen molar-refractivity contribution in [3.05, 3.63) is 35.3 Å². The molecule has 8 heteroatoms. The maximum Gasteiger partial charge on any atom is 0.435 e. The van der Waals surface area contributed by atoms with Gasteiger partial charge in [-0.2, -0.15) is 13.2 Å². The molecule has 0 radical (unpaired) electrons. The third-order valence-electron chi connectivity index (χ3n) is 2.08. The summed E-state index contributed by atoms with van der Waals surface area (Å²) in [4.78, 5) is 0. The fourth-order valence-electron chi connectivity index (χ4n) is 1.26. The van der Waals surface area contributed by atoms with E-state index in [1.165, 1.54) is 6.07 Å². The number of aryl methyl sites for hydroxylation is 1. The van der Waals surface area contributed by atoms with Crippen molar-refractivity contribution in [3.8, 4) is 0 Å². The highest BCUT2D eigenvalue weighted by molar-refractivity contribution is 5.33. The number of aromatic nitrogens is 3. The molecular weight excluding hydrogens is 249 g/mol. The summed E-state index contributed by atoms with van der Waals surface area (Å²) < 4.78 is 41.5. The second kappa shape index (κ2) is 4.63. The quantitative estimate of drug-likeness (QED) is 0.915. The van der Waals surface area contributed by atoms with E-state index in [9.17, 15) is 13.2 Å². The summed E-state index contributed by atoms with van der Waals surface area (Å²) in [6.07, 6.45) is -4.48. The van der Waals surface area contributed by atoms with E-state index in [1.807, 2.05) is 0 Å². The molecule has 2 aromatic heterocycles. The third kappa shape index (κ3) is 2.96. The molecule has 0 atom stereocenters. The van der Waals surface area contributed by atoms with Crippen molar-refractivity contribution >= 4 is 5.82 Å². The molecule has 0 saturated carbocycles. The zero-order chi connectivity index (χ0) is 13.2. The maximum atomic E-state index is 12.2. The van der Waals surface area contributed by atoms with E-state index in [1.54, 1.807) is 13.0 Å². The van der Waals surface area contributed by atoms with E-state index in [4.69, 9.17) is 4.52 Å². The van der Waals surface area contributed by atoms with Crippen molar-refractivity contribution in [2.75, 3.05) is 5.32 Å². The number of nitrogens with one attached hydrogen (secondary N) is 1. The van der Waals surface area contributed by atoms with Crippen LogP contribution >= 0.6 is 0 Å². The average Bonchev–Trinajstić information content (AvgIpc) is 2.72. The van der Waals surface area contributed by atoms with Crippen LogP contribution in [-0.2, 0) is 12.7 Å². The van der Waals surface area contributed by atoms with Crippen molar-refractivity contribution in [2.45, 2.75) is 19.6 Å². The molecule has 2 rings (SSSR count). The number of rotatable bonds is 3. The van der Waals surface area contributed by atoms with Crippen LogP contribution in [0.3, 0.4) is 0 Å². The molecule has 2 heterocycles. The van der Waals surface area contributed by atoms with Crippen LogP contribution in [0, 0.1) is 6.92 Å². The lowest BCUT2D eigenvalue weighted by atomic mass is 10.3. The lowest BCUT2D eigenvalue weighted by Gasteiger charge is -2.06. The first-order chi connectivity index (χ1) is 8.45. The second-order valence-electron chi connectivity index (χ2n) is 3.58. The Bertz CT molecular complexity index is 521. The summed E-state index contributed by atoms with van der Waals surface area (Å²) in [5.41, 5.74) is -0.389. The molecule has 0 aliphatic carbocycles. The number of hydrogen-bond donors (Lipinski definition) is 1. The zero-order valence-electron chi connectivity index (χ0n) is 9.32. The Morgan fingerprint density at radius 1 is 1.28 bits per heavy atom. The van der Waals surface area contributed by atoms with Crippen LogP contribution in [0.1, 0.15) is 17.1 Å². The van der Waals surface area contributed by atoms with Crippen LogP contribution < -0.4 is 5.32 Å². The van der Waals surface area contributed by atoms with E-state index < -0.39 is 11.9 Å². The third-order valence-corrected chi connectivity index (χ3v) is 2.08. The molecule has 2 aromatic rings. The van der Waals surface area contributed by atoms with Gasteiger partial charge in [0.15, 0.2) is 5.69 Å². The van der Waals surface area contributed by atoms with E-state index in [-0.39, 0.29) is 5.82 Å². The van der Waals surface area contributed by atoms with Crippen molar-refractivity contribution in [1.82, 2.24) is 15.4 Å². The lowest BCUT2D eigenvalue weighted by molar-refractivity contribution is -0.141. The van der Waals surface area contributed by atoms with Gasteiger partial charge in [-0.3, -0.25) is 0 Å². The van der Waals surface area contributed by atoms with Gasteiger partial charge < -0.3 is 9.84 Å². The van der Waals surface area contributed by atoms with E-state index in [2.05, 4.69) is 20.7 Å². The molecule has 1 N–H and O–H groups in total. The standard InChI is InChI=1S/C10H9F3N4O/c1-6-4-7(17-18-6)5-14-9-3-2-8(15-16-9)10(11,12)13/h2-4H,5H2,1H3,(H,14,16). The fraction of sp³-hybridized carbons (Fsp3) is 0.300. The normalized spacial score (nSPS) is 11.6. The minimum Gasteiger partial charge on any atom is -0.363 e. The predicted molar refractivity (Wildman–Crippen MR) is 55.6 cm³/mol. The molecule has 0 aliphatic heterocycles. The molecule has 0 unspecified atom stereocenters. The first-order valence-electron chi connectivity index (χ1n) is 5.02. The minimum absolute atomic E-state index is 0.239. The van der Waals surface area contributed by atoms with Gasteiger partial charge in [0.25, 0.3) is 0 Å². The summed E-state index contributed by atoms with van der Waals surface area (Å²) >= 11 is 0. The number of halogens is 3. The highest BCUT2D eigenvalue weighted by Crippen LogP contribution is 2.27. The molecule has 0 fully saturated rings. The van der Waals surface area contributed by atoms with Gasteiger partial charge in [-0.15, -0.1) is 10.2 Å². The first kappa shape index (κ1) is 12.3. The molecule has 5 nitrogen and oxygen atoms in total. The van der Waals surface area contributed by atoms with Gasteiger partial charge in [-0.05, 0) is 19.1 Å². The van der Waals surface area contributed by atoms with Gasteiger partial charge >= 0.3 is 6.18 Å². The highest BCUT2D eigenvalue weighted by atomic mass is 19.4. The largest absolute Gasteiger partial charge is 0.435 e. The fourth-order valence-corrected chi connectivity index (χ4v) is 1.26. The molecule has 0 bridgehead atoms. The van der Waals surface area contributed by atoms with Gasteiger partial charge in [0.2, 0.25) is 0 Å². The average molecular weight is 258 g/mol. The Morgan fingerprint density at radius 3 is 2.56 bits per heavy atom. The molecular formula is C10H9F3N4O. The Hall–Kier alpha value is -2.12. The van der Waals surface area contributed by atoms with Crippen LogP contribution in [0.4, 0.5) is 19.0 Å². The summed E-state index contributed by atoms with van der Waals surface area (Å²) in [7, 11) is 0. The highest BCUT2D eigenvalue weighted by Gasteiger charge is 2.32. The number of hydrogen-bond acceptors (Lipinski definition) is 5. The van der Waals surface area contributed by atoms with Crippen LogP contribution in [0.2, 0.25) is 0 Å². The molecule has 0 spiro atoms. The number of nitrogens with zero attached hydrogens (tertiary/aromatic N) is 3. The smallest absolute Gasteiger partial charge is 0.363 e. The van der Waals surface area contributed by atoms with Crippen LogP contribution in [0.15, 0.2) is 22.7 Å². The number of anilines is 1. The molecule has 0 aromatic carbocycles. The minimum atomic E-state index is -4.48. The van der Waals surface area contributed by atoms with Crippen LogP contribution in [-0.4, -0.2) is 15.4 Å². The molecule has 0 amide bonds. The van der Waals surface area contributed by atoms with Crippen LogP contribution in [0.5, 0.6) is 0 Å². The summed E-state index contributed by atoms with van der Waals surface area (Å²) in [6, 6.07) is 3.79. The Labute approximate surface area is 100 Å². The van der Waals surface area contributed by atoms with Crippen molar-refractivity contribution in [1.29, 1.82) is 0 Å². The molecule has 96 valence electrons. The van der Waals surface area contributed by atoms with Gasteiger partial charge in [-0.25, -0.2) is 0 Å². The molecule has 0 aliphatic rings. The first-order valence-corrected chi connectivity index (χ1v) is 5.02. The lowest BCUT2D eigenvalue weighted by Crippen LogP contribution is -2.10. The SMILES string of the molecule is Cc1cc(CNc2ccc(C(F)(F)F)nn2)no1. The number of alkyl halides is 3. The van der Waals surface area contributed by atoms with Gasteiger partial charge in [0, 0.05) is 6.07 Å². The maximum absolute atomic E-state index is 12.2. The Morgan fingerprint density at radius 2 is 2.06 bits per heavy atom. The second-order valence-corrected chi connectivity index (χ2v) is 3.58. The van der Waals surface area contributed by atoms with Crippen molar-refractivity contribution in [2.24, 2.45) is 0 Å². The van der Waals surface area contributed by atoms with Crippen molar-refractivity contribution in [3.63, 3.8) is 0 Å². The van der Waals surface area contributed by atoms with Gasteiger partial charge in [0.1, 0.15) is 17.3 Å². The zero-order valence-corrected chi connectivity index (χ0v) is 9.32.